The third-order valence-electron chi connectivity index (χ3n) is 5.29. The number of para-hydroxylation sites is 1. The normalized spacial score (nSPS) is 10.7. The topological polar surface area (TPSA) is 105 Å². The summed E-state index contributed by atoms with van der Waals surface area (Å²) in [5.41, 5.74) is 2.89. The van der Waals surface area contributed by atoms with Crippen LogP contribution in [0, 0.1) is 10.1 Å². The average Bonchev–Trinajstić information content (AvgIpc) is 3.28. The van der Waals surface area contributed by atoms with Crippen LogP contribution < -0.4 is 10.2 Å². The molecule has 0 aliphatic rings. The number of nitrogens with zero attached hydrogens (tertiary/aromatic N) is 3. The van der Waals surface area contributed by atoms with Crippen LogP contribution >= 0.6 is 11.3 Å². The van der Waals surface area contributed by atoms with E-state index in [-0.39, 0.29) is 30.1 Å². The monoisotopic (exact) mass is 474 g/mol. The molecule has 9 heteroatoms. The Morgan fingerprint density at radius 3 is 2.38 bits per heavy atom. The van der Waals surface area contributed by atoms with Crippen molar-refractivity contribution in [3.63, 3.8) is 0 Å². The van der Waals surface area contributed by atoms with Crippen LogP contribution in [0.2, 0.25) is 0 Å². The molecule has 1 aromatic heterocycles. The number of thiazole rings is 1. The fourth-order valence-corrected chi connectivity index (χ4v) is 4.43. The highest BCUT2D eigenvalue weighted by molar-refractivity contribution is 7.22. The second kappa shape index (κ2) is 10.2. The van der Waals surface area contributed by atoms with Gasteiger partial charge in [0.25, 0.3) is 11.6 Å². The molecule has 34 heavy (non-hydrogen) atoms. The lowest BCUT2D eigenvalue weighted by Crippen LogP contribution is -2.31. The van der Waals surface area contributed by atoms with E-state index in [0.717, 1.165) is 22.2 Å². The number of nitro benzene ring substituents is 1. The first-order valence-electron chi connectivity index (χ1n) is 10.8. The van der Waals surface area contributed by atoms with Gasteiger partial charge in [0.05, 0.1) is 20.8 Å². The predicted octanol–water partition coefficient (Wildman–Crippen LogP) is 5.25. The van der Waals surface area contributed by atoms with Gasteiger partial charge in [-0.05, 0) is 48.4 Å². The molecule has 8 nitrogen and oxygen atoms in total. The average molecular weight is 475 g/mol. The Labute approximate surface area is 200 Å². The van der Waals surface area contributed by atoms with Crippen LogP contribution in [0.3, 0.4) is 0 Å². The maximum Gasteiger partial charge on any atom is 0.269 e. The summed E-state index contributed by atoms with van der Waals surface area (Å²) in [5.74, 6) is -0.603. The molecule has 0 aliphatic heterocycles. The van der Waals surface area contributed by atoms with Gasteiger partial charge in [0.1, 0.15) is 0 Å². The molecule has 3 aromatic carbocycles. The first kappa shape index (κ1) is 23.1. The molecular weight excluding hydrogens is 452 g/mol. The number of fused-ring (bicyclic) bond motifs is 1. The minimum atomic E-state index is -0.524. The Bertz CT molecular complexity index is 1300. The van der Waals surface area contributed by atoms with Crippen molar-refractivity contribution in [3.05, 3.63) is 94.0 Å². The summed E-state index contributed by atoms with van der Waals surface area (Å²) < 4.78 is 0.979. The van der Waals surface area contributed by atoms with Crippen molar-refractivity contribution in [3.8, 4) is 0 Å². The molecular formula is C25H22N4O4S. The van der Waals surface area contributed by atoms with Crippen LogP contribution in [0.5, 0.6) is 0 Å². The molecule has 4 aromatic rings. The van der Waals surface area contributed by atoms with Crippen LogP contribution in [0.1, 0.15) is 29.3 Å². The van der Waals surface area contributed by atoms with Crippen molar-refractivity contribution < 1.29 is 14.5 Å². The van der Waals surface area contributed by atoms with E-state index in [0.29, 0.717) is 10.8 Å². The number of benzene rings is 3. The van der Waals surface area contributed by atoms with Crippen LogP contribution in [0.15, 0.2) is 72.8 Å². The Morgan fingerprint density at radius 2 is 1.74 bits per heavy atom. The molecule has 0 aliphatic carbocycles. The number of amides is 2. The van der Waals surface area contributed by atoms with Gasteiger partial charge in [-0.3, -0.25) is 24.6 Å². The van der Waals surface area contributed by atoms with E-state index < -0.39 is 10.8 Å². The first-order valence-corrected chi connectivity index (χ1v) is 11.6. The fraction of sp³-hybridized carbons (Fsp3) is 0.160. The standard InChI is InChI=1S/C25H22N4O4S/c1-2-17-7-11-19(12-8-17)28(25-27-21-5-3-4-6-22(21)34-25)23(30)15-16-26-24(31)18-9-13-20(14-10-18)29(32)33/h3-14H,2,15-16H2,1H3,(H,26,31). The summed E-state index contributed by atoms with van der Waals surface area (Å²) >= 11 is 1.43. The van der Waals surface area contributed by atoms with Crippen molar-refractivity contribution in [2.75, 3.05) is 11.4 Å². The summed E-state index contributed by atoms with van der Waals surface area (Å²) in [4.78, 5) is 42.2. The number of non-ortho nitro benzene ring substituents is 1. The van der Waals surface area contributed by atoms with E-state index in [4.69, 9.17) is 0 Å². The third kappa shape index (κ3) is 5.10. The number of nitrogens with one attached hydrogen (secondary N) is 1. The molecule has 4 rings (SSSR count). The number of hydrogen-bond acceptors (Lipinski definition) is 6. The van der Waals surface area contributed by atoms with E-state index in [2.05, 4.69) is 17.2 Å². The Morgan fingerprint density at radius 1 is 1.03 bits per heavy atom. The summed E-state index contributed by atoms with van der Waals surface area (Å²) in [6.45, 7) is 2.18. The molecule has 0 saturated carbocycles. The number of aryl methyl sites for hydroxylation is 1. The van der Waals surface area contributed by atoms with E-state index in [1.807, 2.05) is 48.5 Å². The summed E-state index contributed by atoms with van der Waals surface area (Å²) in [6, 6.07) is 20.8. The molecule has 0 fully saturated rings. The van der Waals surface area contributed by atoms with E-state index in [1.54, 1.807) is 4.90 Å². The fourth-order valence-electron chi connectivity index (χ4n) is 3.43. The zero-order valence-corrected chi connectivity index (χ0v) is 19.2. The van der Waals surface area contributed by atoms with Crippen LogP contribution in [-0.2, 0) is 11.2 Å². The second-order valence-corrected chi connectivity index (χ2v) is 8.53. The Balaban J connectivity index is 1.49. The summed E-state index contributed by atoms with van der Waals surface area (Å²) in [6.07, 6.45) is 0.953. The van der Waals surface area contributed by atoms with Crippen LogP contribution in [-0.4, -0.2) is 28.3 Å². The number of nitro groups is 1. The van der Waals surface area contributed by atoms with Crippen molar-refractivity contribution in [1.82, 2.24) is 10.3 Å². The van der Waals surface area contributed by atoms with Crippen LogP contribution in [0.25, 0.3) is 10.2 Å². The van der Waals surface area contributed by atoms with Crippen molar-refractivity contribution in [2.24, 2.45) is 0 Å². The quantitative estimate of drug-likeness (QED) is 0.277. The molecule has 0 unspecified atom stereocenters. The van der Waals surface area contributed by atoms with Gasteiger partial charge in [-0.25, -0.2) is 4.98 Å². The lowest BCUT2D eigenvalue weighted by Gasteiger charge is -2.20. The van der Waals surface area contributed by atoms with Crippen LogP contribution in [0.4, 0.5) is 16.5 Å². The lowest BCUT2D eigenvalue weighted by molar-refractivity contribution is -0.384. The highest BCUT2D eigenvalue weighted by Crippen LogP contribution is 2.34. The molecule has 0 atom stereocenters. The number of carbonyl (C=O) groups excluding carboxylic acids is 2. The number of anilines is 2. The number of carbonyl (C=O) groups is 2. The van der Waals surface area contributed by atoms with Crippen molar-refractivity contribution >= 4 is 49.9 Å². The zero-order valence-electron chi connectivity index (χ0n) is 18.4. The number of aromatic nitrogens is 1. The van der Waals surface area contributed by atoms with Gasteiger partial charge in [-0.1, -0.05) is 42.5 Å². The molecule has 2 amide bonds. The largest absolute Gasteiger partial charge is 0.352 e. The number of rotatable bonds is 8. The van der Waals surface area contributed by atoms with E-state index in [1.165, 1.54) is 35.6 Å². The molecule has 0 spiro atoms. The summed E-state index contributed by atoms with van der Waals surface area (Å²) in [5, 5.41) is 14.1. The molecule has 172 valence electrons. The summed E-state index contributed by atoms with van der Waals surface area (Å²) in [7, 11) is 0. The number of hydrogen-bond donors (Lipinski definition) is 1. The molecule has 1 N–H and O–H groups in total. The minimum Gasteiger partial charge on any atom is -0.352 e. The van der Waals surface area contributed by atoms with E-state index in [9.17, 15) is 19.7 Å². The van der Waals surface area contributed by atoms with Gasteiger partial charge in [-0.15, -0.1) is 0 Å². The Kier molecular flexibility index (Phi) is 6.93. The van der Waals surface area contributed by atoms with Gasteiger partial charge >= 0.3 is 0 Å². The molecule has 1 heterocycles. The molecule has 0 radical (unpaired) electrons. The van der Waals surface area contributed by atoms with Gasteiger partial charge in [-0.2, -0.15) is 0 Å². The third-order valence-corrected chi connectivity index (χ3v) is 6.31. The molecule has 0 saturated heterocycles. The van der Waals surface area contributed by atoms with Gasteiger partial charge in [0, 0.05) is 30.7 Å². The van der Waals surface area contributed by atoms with Gasteiger partial charge in [0.15, 0.2) is 5.13 Å². The second-order valence-electron chi connectivity index (χ2n) is 7.52. The van der Waals surface area contributed by atoms with Gasteiger partial charge in [0.2, 0.25) is 5.91 Å². The van der Waals surface area contributed by atoms with Gasteiger partial charge < -0.3 is 5.32 Å². The van der Waals surface area contributed by atoms with Crippen molar-refractivity contribution in [2.45, 2.75) is 19.8 Å². The van der Waals surface area contributed by atoms with E-state index >= 15 is 0 Å². The molecule has 0 bridgehead atoms. The smallest absolute Gasteiger partial charge is 0.269 e. The maximum atomic E-state index is 13.3. The van der Waals surface area contributed by atoms with Crippen molar-refractivity contribution in [1.29, 1.82) is 0 Å². The lowest BCUT2D eigenvalue weighted by atomic mass is 10.1. The zero-order chi connectivity index (χ0) is 24.1. The minimum absolute atomic E-state index is 0.0597. The highest BCUT2D eigenvalue weighted by atomic mass is 32.1. The maximum absolute atomic E-state index is 13.3. The predicted molar refractivity (Wildman–Crippen MR) is 133 cm³/mol. The highest BCUT2D eigenvalue weighted by Gasteiger charge is 2.22. The first-order chi connectivity index (χ1) is 16.5. The Hall–Kier alpha value is -4.11. The SMILES string of the molecule is CCc1ccc(N(C(=O)CCNC(=O)c2ccc([N+](=O)[O-])cc2)c2nc3ccccc3s2)cc1.